The molecule has 3 aromatic carbocycles. The van der Waals surface area contributed by atoms with Crippen molar-refractivity contribution in [3.63, 3.8) is 0 Å². The van der Waals surface area contributed by atoms with E-state index in [0.717, 1.165) is 20.0 Å². The van der Waals surface area contributed by atoms with Gasteiger partial charge in [-0.15, -0.1) is 0 Å². The van der Waals surface area contributed by atoms with Crippen molar-refractivity contribution in [2.45, 2.75) is 0 Å². The molecule has 1 aliphatic heterocycles. The molecule has 0 aliphatic carbocycles. The van der Waals surface area contributed by atoms with Gasteiger partial charge in [0.05, 0.1) is 25.5 Å². The van der Waals surface area contributed by atoms with Crippen LogP contribution in [0.3, 0.4) is 0 Å². The molecule has 1 aliphatic rings. The molecule has 0 atom stereocenters. The number of carbonyl (C=O) groups excluding carboxylic acids is 1. The molecule has 0 N–H and O–H groups in total. The molecular formula is C21H18INO5. The average molecular weight is 491 g/mol. The maximum Gasteiger partial charge on any atom is 0.263 e. The highest BCUT2D eigenvalue weighted by Crippen LogP contribution is 2.40. The van der Waals surface area contributed by atoms with E-state index in [2.05, 4.69) is 22.6 Å². The van der Waals surface area contributed by atoms with Crippen molar-refractivity contribution < 1.29 is 23.7 Å². The number of nitrogens with zero attached hydrogens (tertiary/aromatic N) is 1. The maximum atomic E-state index is 13.4. The summed E-state index contributed by atoms with van der Waals surface area (Å²) in [5, 5.41) is 1.87. The minimum Gasteiger partial charge on any atom is -0.493 e. The summed E-state index contributed by atoms with van der Waals surface area (Å²) in [5.74, 6) is 2.13. The van der Waals surface area contributed by atoms with Gasteiger partial charge in [-0.1, -0.05) is 12.1 Å². The number of rotatable bonds is 4. The Bertz CT molecular complexity index is 1080. The molecule has 1 amide bonds. The Hall–Kier alpha value is -2.68. The summed E-state index contributed by atoms with van der Waals surface area (Å²) < 4.78 is 22.6. The quantitative estimate of drug-likeness (QED) is 0.505. The normalized spacial score (nSPS) is 12.1. The molecular weight excluding hydrogens is 473 g/mol. The van der Waals surface area contributed by atoms with Gasteiger partial charge in [-0.3, -0.25) is 4.79 Å². The third-order valence-electron chi connectivity index (χ3n) is 4.73. The van der Waals surface area contributed by atoms with Crippen molar-refractivity contribution in [1.29, 1.82) is 0 Å². The van der Waals surface area contributed by atoms with Crippen LogP contribution in [0.4, 0.5) is 5.69 Å². The van der Waals surface area contributed by atoms with E-state index in [9.17, 15) is 4.79 Å². The van der Waals surface area contributed by atoms with E-state index < -0.39 is 0 Å². The number of ether oxygens (including phenoxy) is 4. The Kier molecular flexibility index (Phi) is 4.92. The number of carbonyl (C=O) groups is 1. The number of methoxy groups -OCH3 is 2. The molecule has 0 aromatic heterocycles. The van der Waals surface area contributed by atoms with Gasteiger partial charge in [0.1, 0.15) is 0 Å². The van der Waals surface area contributed by atoms with Gasteiger partial charge >= 0.3 is 0 Å². The highest BCUT2D eigenvalue weighted by molar-refractivity contribution is 14.1. The van der Waals surface area contributed by atoms with Crippen molar-refractivity contribution in [1.82, 2.24) is 0 Å². The van der Waals surface area contributed by atoms with E-state index in [-0.39, 0.29) is 12.7 Å². The van der Waals surface area contributed by atoms with Crippen LogP contribution in [0.15, 0.2) is 42.5 Å². The molecule has 28 heavy (non-hydrogen) atoms. The van der Waals surface area contributed by atoms with Crippen molar-refractivity contribution in [3.8, 4) is 23.0 Å². The summed E-state index contributed by atoms with van der Waals surface area (Å²) in [6, 6.07) is 13.3. The lowest BCUT2D eigenvalue weighted by atomic mass is 10.1. The first kappa shape index (κ1) is 18.7. The first-order chi connectivity index (χ1) is 13.5. The molecule has 0 radical (unpaired) electrons. The lowest BCUT2D eigenvalue weighted by molar-refractivity contribution is 0.0988. The fourth-order valence-electron chi connectivity index (χ4n) is 3.32. The number of anilines is 1. The topological polar surface area (TPSA) is 57.2 Å². The zero-order valence-corrected chi connectivity index (χ0v) is 17.8. The summed E-state index contributed by atoms with van der Waals surface area (Å²) in [5.41, 5.74) is 1.23. The molecule has 0 bridgehead atoms. The van der Waals surface area contributed by atoms with E-state index in [4.69, 9.17) is 18.9 Å². The summed E-state index contributed by atoms with van der Waals surface area (Å²) in [6.07, 6.45) is 0. The van der Waals surface area contributed by atoms with E-state index in [1.807, 2.05) is 36.4 Å². The molecule has 0 saturated carbocycles. The molecule has 0 unspecified atom stereocenters. The Morgan fingerprint density at radius 1 is 1.07 bits per heavy atom. The van der Waals surface area contributed by atoms with Crippen LogP contribution < -0.4 is 23.8 Å². The standard InChI is InChI=1S/C21H18INO5/c1-23(21(24)19-14(22)7-8-16(25-2)20(19)26-3)15-6-4-5-12-9-17-18(10-13(12)15)28-11-27-17/h4-10H,11H2,1-3H3. The second-order valence-corrected chi connectivity index (χ2v) is 7.39. The van der Waals surface area contributed by atoms with Crippen LogP contribution in [0.25, 0.3) is 10.8 Å². The Balaban J connectivity index is 1.83. The SMILES string of the molecule is COc1ccc(I)c(C(=O)N(C)c2cccc3cc4c(cc23)OCO4)c1OC. The Morgan fingerprint density at radius 3 is 2.54 bits per heavy atom. The lowest BCUT2D eigenvalue weighted by Crippen LogP contribution is -2.27. The predicted molar refractivity (Wildman–Crippen MR) is 115 cm³/mol. The monoisotopic (exact) mass is 491 g/mol. The van der Waals surface area contributed by atoms with Crippen LogP contribution >= 0.6 is 22.6 Å². The number of hydrogen-bond donors (Lipinski definition) is 0. The number of hydrogen-bond acceptors (Lipinski definition) is 5. The second-order valence-electron chi connectivity index (χ2n) is 6.23. The van der Waals surface area contributed by atoms with E-state index in [1.54, 1.807) is 25.1 Å². The van der Waals surface area contributed by atoms with Crippen LogP contribution in [0.5, 0.6) is 23.0 Å². The molecule has 1 heterocycles. The molecule has 144 valence electrons. The minimum atomic E-state index is -0.190. The Labute approximate surface area is 176 Å². The van der Waals surface area contributed by atoms with Gasteiger partial charge in [0.25, 0.3) is 5.91 Å². The van der Waals surface area contributed by atoms with Gasteiger partial charge in [0, 0.05) is 16.0 Å². The minimum absolute atomic E-state index is 0.190. The van der Waals surface area contributed by atoms with Gasteiger partial charge in [-0.25, -0.2) is 0 Å². The molecule has 4 rings (SSSR count). The van der Waals surface area contributed by atoms with E-state index >= 15 is 0 Å². The zero-order valence-electron chi connectivity index (χ0n) is 15.6. The van der Waals surface area contributed by atoms with Crippen LogP contribution in [0, 0.1) is 3.57 Å². The highest BCUT2D eigenvalue weighted by atomic mass is 127. The number of fused-ring (bicyclic) bond motifs is 2. The number of halogens is 1. The largest absolute Gasteiger partial charge is 0.493 e. The molecule has 0 fully saturated rings. The van der Waals surface area contributed by atoms with E-state index in [0.29, 0.717) is 28.6 Å². The molecule has 3 aromatic rings. The van der Waals surface area contributed by atoms with Crippen LogP contribution in [0.2, 0.25) is 0 Å². The van der Waals surface area contributed by atoms with Gasteiger partial charge in [-0.2, -0.15) is 0 Å². The average Bonchev–Trinajstić information content (AvgIpc) is 3.17. The van der Waals surface area contributed by atoms with Gasteiger partial charge < -0.3 is 23.8 Å². The maximum absolute atomic E-state index is 13.4. The fraction of sp³-hybridized carbons (Fsp3) is 0.190. The Morgan fingerprint density at radius 2 is 1.82 bits per heavy atom. The lowest BCUT2D eigenvalue weighted by Gasteiger charge is -2.22. The van der Waals surface area contributed by atoms with Gasteiger partial charge in [0.15, 0.2) is 23.0 Å². The van der Waals surface area contributed by atoms with E-state index in [1.165, 1.54) is 7.11 Å². The summed E-state index contributed by atoms with van der Waals surface area (Å²) in [6.45, 7) is 0.203. The third-order valence-corrected chi connectivity index (χ3v) is 5.62. The number of benzene rings is 3. The highest BCUT2D eigenvalue weighted by Gasteiger charge is 2.25. The third kappa shape index (κ3) is 2.99. The van der Waals surface area contributed by atoms with Crippen LogP contribution in [0.1, 0.15) is 10.4 Å². The van der Waals surface area contributed by atoms with Crippen LogP contribution in [-0.2, 0) is 0 Å². The zero-order chi connectivity index (χ0) is 19.8. The van der Waals surface area contributed by atoms with Crippen molar-refractivity contribution in [2.75, 3.05) is 33.0 Å². The molecule has 0 saturated heterocycles. The van der Waals surface area contributed by atoms with Crippen molar-refractivity contribution >= 4 is 45.0 Å². The van der Waals surface area contributed by atoms with Gasteiger partial charge in [0.2, 0.25) is 6.79 Å². The summed E-state index contributed by atoms with van der Waals surface area (Å²) in [4.78, 5) is 15.0. The molecule has 7 heteroatoms. The first-order valence-electron chi connectivity index (χ1n) is 8.56. The van der Waals surface area contributed by atoms with Crippen LogP contribution in [-0.4, -0.2) is 34.0 Å². The smallest absolute Gasteiger partial charge is 0.263 e. The summed E-state index contributed by atoms with van der Waals surface area (Å²) in [7, 11) is 4.83. The fourth-order valence-corrected chi connectivity index (χ4v) is 3.98. The predicted octanol–water partition coefficient (Wildman–Crippen LogP) is 4.47. The van der Waals surface area contributed by atoms with Crippen molar-refractivity contribution in [3.05, 3.63) is 51.6 Å². The van der Waals surface area contributed by atoms with Crippen molar-refractivity contribution in [2.24, 2.45) is 0 Å². The summed E-state index contributed by atoms with van der Waals surface area (Å²) >= 11 is 2.13. The first-order valence-corrected chi connectivity index (χ1v) is 9.64. The second kappa shape index (κ2) is 7.38. The molecule has 6 nitrogen and oxygen atoms in total. The number of amides is 1. The van der Waals surface area contributed by atoms with Gasteiger partial charge in [-0.05, 0) is 58.3 Å². The molecule has 0 spiro atoms.